The summed E-state index contributed by atoms with van der Waals surface area (Å²) in [5, 5.41) is 5.32. The van der Waals surface area contributed by atoms with E-state index in [9.17, 15) is 4.79 Å². The van der Waals surface area contributed by atoms with Crippen LogP contribution in [-0.4, -0.2) is 24.1 Å². The van der Waals surface area contributed by atoms with Crippen molar-refractivity contribution in [1.29, 1.82) is 0 Å². The highest BCUT2D eigenvalue weighted by Gasteiger charge is 2.08. The van der Waals surface area contributed by atoms with Crippen molar-refractivity contribution < 1.29 is 9.53 Å². The molecule has 0 unspecified atom stereocenters. The monoisotopic (exact) mass is 305 g/mol. The number of benzene rings is 1. The summed E-state index contributed by atoms with van der Waals surface area (Å²) in [6.07, 6.45) is 1.15. The van der Waals surface area contributed by atoms with E-state index in [1.54, 1.807) is 0 Å². The number of nitrogens with two attached hydrogens (primary N) is 1. The number of aromatic nitrogens is 1. The van der Waals surface area contributed by atoms with E-state index < -0.39 is 0 Å². The predicted octanol–water partition coefficient (Wildman–Crippen LogP) is 3.15. The predicted molar refractivity (Wildman–Crippen MR) is 86.3 cm³/mol. The SMILES string of the molecule is CCOCCCC(=O)Nc1nc(-c2cccc(N)c2)cs1. The van der Waals surface area contributed by atoms with Gasteiger partial charge in [0.1, 0.15) is 0 Å². The fraction of sp³-hybridized carbons (Fsp3) is 0.333. The molecule has 1 heterocycles. The van der Waals surface area contributed by atoms with Gasteiger partial charge in [-0.15, -0.1) is 11.3 Å². The number of anilines is 2. The maximum atomic E-state index is 11.8. The topological polar surface area (TPSA) is 77.2 Å². The van der Waals surface area contributed by atoms with Crippen molar-refractivity contribution in [3.63, 3.8) is 0 Å². The van der Waals surface area contributed by atoms with Gasteiger partial charge in [-0.25, -0.2) is 4.98 Å². The van der Waals surface area contributed by atoms with Crippen molar-refractivity contribution in [2.45, 2.75) is 19.8 Å². The number of nitrogens with zero attached hydrogens (tertiary/aromatic N) is 1. The van der Waals surface area contributed by atoms with E-state index in [1.807, 2.05) is 36.6 Å². The van der Waals surface area contributed by atoms with Crippen molar-refractivity contribution in [2.24, 2.45) is 0 Å². The summed E-state index contributed by atoms with van der Waals surface area (Å²) < 4.78 is 5.20. The van der Waals surface area contributed by atoms with Gasteiger partial charge >= 0.3 is 0 Å². The Kier molecular flexibility index (Phi) is 5.71. The normalized spacial score (nSPS) is 10.5. The molecule has 0 radical (unpaired) electrons. The quantitative estimate of drug-likeness (QED) is 0.608. The maximum absolute atomic E-state index is 11.8. The number of rotatable bonds is 7. The molecular formula is C15H19N3O2S. The van der Waals surface area contributed by atoms with E-state index >= 15 is 0 Å². The van der Waals surface area contributed by atoms with Crippen LogP contribution >= 0.6 is 11.3 Å². The number of carbonyl (C=O) groups excluding carboxylic acids is 1. The van der Waals surface area contributed by atoms with Gasteiger partial charge in [-0.05, 0) is 25.5 Å². The first-order valence-corrected chi connectivity index (χ1v) is 7.76. The molecule has 0 fully saturated rings. The van der Waals surface area contributed by atoms with Gasteiger partial charge in [0.2, 0.25) is 5.91 Å². The summed E-state index contributed by atoms with van der Waals surface area (Å²) in [6, 6.07) is 7.52. The van der Waals surface area contributed by atoms with Crippen LogP contribution in [0.5, 0.6) is 0 Å². The van der Waals surface area contributed by atoms with Gasteiger partial charge in [-0.1, -0.05) is 12.1 Å². The maximum Gasteiger partial charge on any atom is 0.226 e. The van der Waals surface area contributed by atoms with Crippen LogP contribution in [0.1, 0.15) is 19.8 Å². The van der Waals surface area contributed by atoms with Gasteiger partial charge < -0.3 is 15.8 Å². The second kappa shape index (κ2) is 7.75. The van der Waals surface area contributed by atoms with Gasteiger partial charge in [0, 0.05) is 36.3 Å². The van der Waals surface area contributed by atoms with Crippen molar-refractivity contribution in [2.75, 3.05) is 24.3 Å². The summed E-state index contributed by atoms with van der Waals surface area (Å²) in [7, 11) is 0. The van der Waals surface area contributed by atoms with Gasteiger partial charge in [0.25, 0.3) is 0 Å². The summed E-state index contributed by atoms with van der Waals surface area (Å²) in [5.74, 6) is -0.0387. The van der Waals surface area contributed by atoms with Crippen LogP contribution in [0.2, 0.25) is 0 Å². The molecule has 1 aromatic heterocycles. The number of ether oxygens (including phenoxy) is 1. The zero-order valence-electron chi connectivity index (χ0n) is 12.0. The van der Waals surface area contributed by atoms with Crippen molar-refractivity contribution in [3.8, 4) is 11.3 Å². The molecule has 3 N–H and O–H groups in total. The molecule has 0 saturated carbocycles. The number of hydrogen-bond donors (Lipinski definition) is 2. The molecular weight excluding hydrogens is 286 g/mol. The number of nitrogens with one attached hydrogen (secondary N) is 1. The lowest BCUT2D eigenvalue weighted by molar-refractivity contribution is -0.116. The Bertz CT molecular complexity index is 598. The number of hydrogen-bond acceptors (Lipinski definition) is 5. The first-order valence-electron chi connectivity index (χ1n) is 6.88. The Morgan fingerprint density at radius 1 is 1.48 bits per heavy atom. The van der Waals surface area contributed by atoms with Gasteiger partial charge in [0.15, 0.2) is 5.13 Å². The third-order valence-corrected chi connectivity index (χ3v) is 3.59. The summed E-state index contributed by atoms with van der Waals surface area (Å²) in [4.78, 5) is 16.2. The van der Waals surface area contributed by atoms with Crippen LogP contribution in [0.25, 0.3) is 11.3 Å². The van der Waals surface area contributed by atoms with Crippen molar-refractivity contribution >= 4 is 28.1 Å². The molecule has 112 valence electrons. The lowest BCUT2D eigenvalue weighted by Crippen LogP contribution is -2.12. The molecule has 1 aromatic carbocycles. The highest BCUT2D eigenvalue weighted by molar-refractivity contribution is 7.14. The Morgan fingerprint density at radius 2 is 2.33 bits per heavy atom. The largest absolute Gasteiger partial charge is 0.399 e. The number of thiazole rings is 1. The second-order valence-electron chi connectivity index (χ2n) is 4.51. The third kappa shape index (κ3) is 4.84. The van der Waals surface area contributed by atoms with E-state index in [4.69, 9.17) is 10.5 Å². The lowest BCUT2D eigenvalue weighted by Gasteiger charge is -2.02. The highest BCUT2D eigenvalue weighted by atomic mass is 32.1. The summed E-state index contributed by atoms with van der Waals surface area (Å²) in [5.41, 5.74) is 8.22. The zero-order chi connectivity index (χ0) is 15.1. The van der Waals surface area contributed by atoms with Crippen LogP contribution in [0.4, 0.5) is 10.8 Å². The van der Waals surface area contributed by atoms with Crippen LogP contribution < -0.4 is 11.1 Å². The second-order valence-corrected chi connectivity index (χ2v) is 5.37. The fourth-order valence-electron chi connectivity index (χ4n) is 1.82. The van der Waals surface area contributed by atoms with Gasteiger partial charge in [-0.3, -0.25) is 4.79 Å². The van der Waals surface area contributed by atoms with Crippen molar-refractivity contribution in [3.05, 3.63) is 29.6 Å². The first-order chi connectivity index (χ1) is 10.2. The Balaban J connectivity index is 1.90. The molecule has 5 nitrogen and oxygen atoms in total. The minimum absolute atomic E-state index is 0.0387. The van der Waals surface area contributed by atoms with Gasteiger partial charge in [-0.2, -0.15) is 0 Å². The molecule has 2 rings (SSSR count). The standard InChI is InChI=1S/C15H19N3O2S/c1-2-20-8-4-7-14(19)18-15-17-13(10-21-15)11-5-3-6-12(16)9-11/h3,5-6,9-10H,2,4,7-8,16H2,1H3,(H,17,18,19). The van der Waals surface area contributed by atoms with E-state index in [2.05, 4.69) is 10.3 Å². The lowest BCUT2D eigenvalue weighted by atomic mass is 10.1. The minimum atomic E-state index is -0.0387. The summed E-state index contributed by atoms with van der Waals surface area (Å²) in [6.45, 7) is 3.22. The molecule has 0 aliphatic rings. The molecule has 1 amide bonds. The highest BCUT2D eigenvalue weighted by Crippen LogP contribution is 2.26. The number of carbonyl (C=O) groups is 1. The minimum Gasteiger partial charge on any atom is -0.399 e. The molecule has 21 heavy (non-hydrogen) atoms. The molecule has 0 atom stereocenters. The van der Waals surface area contributed by atoms with Gasteiger partial charge in [0.05, 0.1) is 5.69 Å². The van der Waals surface area contributed by atoms with Crippen LogP contribution in [0.15, 0.2) is 29.6 Å². The van der Waals surface area contributed by atoms with Crippen LogP contribution in [0.3, 0.4) is 0 Å². The fourth-order valence-corrected chi connectivity index (χ4v) is 2.56. The van der Waals surface area contributed by atoms with E-state index in [0.717, 1.165) is 11.3 Å². The average molecular weight is 305 g/mol. The molecule has 0 saturated heterocycles. The van der Waals surface area contributed by atoms with Crippen LogP contribution in [-0.2, 0) is 9.53 Å². The zero-order valence-corrected chi connectivity index (χ0v) is 12.8. The molecule has 0 bridgehead atoms. The average Bonchev–Trinajstić information content (AvgIpc) is 2.92. The van der Waals surface area contributed by atoms with Crippen LogP contribution in [0, 0.1) is 0 Å². The molecule has 0 aliphatic carbocycles. The van der Waals surface area contributed by atoms with E-state index in [0.29, 0.717) is 36.9 Å². The third-order valence-electron chi connectivity index (χ3n) is 2.83. The van der Waals surface area contributed by atoms with E-state index in [-0.39, 0.29) is 5.91 Å². The van der Waals surface area contributed by atoms with Crippen molar-refractivity contribution in [1.82, 2.24) is 4.98 Å². The van der Waals surface area contributed by atoms with E-state index in [1.165, 1.54) is 11.3 Å². The Labute approximate surface area is 128 Å². The number of amides is 1. The smallest absolute Gasteiger partial charge is 0.226 e. The molecule has 2 aromatic rings. The molecule has 0 spiro atoms. The molecule has 0 aliphatic heterocycles. The Morgan fingerprint density at radius 3 is 3.10 bits per heavy atom. The summed E-state index contributed by atoms with van der Waals surface area (Å²) >= 11 is 1.41. The number of nitrogen functional groups attached to an aromatic ring is 1. The Hall–Kier alpha value is -1.92. The molecule has 6 heteroatoms. The first kappa shape index (κ1) is 15.5.